The summed E-state index contributed by atoms with van der Waals surface area (Å²) in [6.45, 7) is 7.02. The maximum absolute atomic E-state index is 14.4. The van der Waals surface area contributed by atoms with Crippen LogP contribution in [0.1, 0.15) is 88.0 Å². The van der Waals surface area contributed by atoms with Crippen molar-refractivity contribution in [2.75, 3.05) is 55.2 Å². The number of nitrogens with one attached hydrogen (secondary N) is 1. The zero-order valence-corrected chi connectivity index (χ0v) is 33.6. The standard InChI is InChI=1S/C43H58N2O10/c1-9-33(31-25-38(51-6)41(53-8)39(26-31)52-7)42(47)45-22-11-10-15-34(45)43(48)55-35(18-16-29-17-19-36(49-4)37(23-29)50-5)30-13-12-14-32(24-30)54-27-40(46)44-21-20-28(2)3/h12-14,17,19,23-26,28,33-35H,9-11,15-16,18,20-22,27H2,1-8H3,(H,44,46)/t33-,34-,35?/m0/s1. The number of aryl methyl sites for hydroxylation is 1. The van der Waals surface area contributed by atoms with Crippen LogP contribution in [0.15, 0.2) is 54.6 Å². The summed E-state index contributed by atoms with van der Waals surface area (Å²) < 4.78 is 39.9. The molecule has 12 nitrogen and oxygen atoms in total. The third-order valence-electron chi connectivity index (χ3n) is 9.90. The first kappa shape index (κ1) is 42.6. The first-order chi connectivity index (χ1) is 26.6. The van der Waals surface area contributed by atoms with Gasteiger partial charge >= 0.3 is 5.97 Å². The summed E-state index contributed by atoms with van der Waals surface area (Å²) in [7, 11) is 7.78. The number of nitrogens with zero attached hydrogens (tertiary/aromatic N) is 1. The normalized spacial score (nSPS) is 15.1. The Morgan fingerprint density at radius 2 is 1.51 bits per heavy atom. The number of benzene rings is 3. The van der Waals surface area contributed by atoms with Crippen molar-refractivity contribution < 1.29 is 47.5 Å². The van der Waals surface area contributed by atoms with Crippen LogP contribution in [0.25, 0.3) is 0 Å². The SMILES string of the molecule is CC[C@H](C(=O)N1CCCC[C@H]1C(=O)OC(CCc1ccc(OC)c(OC)c1)c1cccc(OCC(=O)NCCC(C)C)c1)c1cc(OC)c(OC)c(OC)c1. The maximum Gasteiger partial charge on any atom is 0.329 e. The van der Waals surface area contributed by atoms with E-state index in [1.807, 2.05) is 37.3 Å². The van der Waals surface area contributed by atoms with Crippen LogP contribution in [0.4, 0.5) is 0 Å². The monoisotopic (exact) mass is 762 g/mol. The minimum Gasteiger partial charge on any atom is -0.493 e. The van der Waals surface area contributed by atoms with E-state index in [1.54, 1.807) is 43.4 Å². The first-order valence-corrected chi connectivity index (χ1v) is 19.1. The van der Waals surface area contributed by atoms with Crippen LogP contribution in [-0.2, 0) is 25.5 Å². The number of hydrogen-bond donors (Lipinski definition) is 1. The van der Waals surface area contributed by atoms with E-state index in [9.17, 15) is 14.4 Å². The number of rotatable bonds is 20. The second-order valence-corrected chi connectivity index (χ2v) is 14.0. The molecule has 0 aliphatic carbocycles. The third-order valence-corrected chi connectivity index (χ3v) is 9.90. The number of hydrogen-bond acceptors (Lipinski definition) is 10. The Bertz CT molecular complexity index is 1700. The Kier molecular flexibility index (Phi) is 16.3. The lowest BCUT2D eigenvalue weighted by Crippen LogP contribution is -2.50. The number of carbonyl (C=O) groups excluding carboxylic acids is 3. The van der Waals surface area contributed by atoms with E-state index in [2.05, 4.69) is 19.2 Å². The van der Waals surface area contributed by atoms with Gasteiger partial charge in [-0.25, -0.2) is 4.79 Å². The number of likely N-dealkylation sites (tertiary alicyclic amines) is 1. The molecule has 1 N–H and O–H groups in total. The Hall–Kier alpha value is -5.13. The van der Waals surface area contributed by atoms with Gasteiger partial charge in [0.25, 0.3) is 5.91 Å². The van der Waals surface area contributed by atoms with Crippen molar-refractivity contribution in [2.45, 2.75) is 83.8 Å². The Balaban J connectivity index is 1.59. The first-order valence-electron chi connectivity index (χ1n) is 19.1. The molecule has 1 unspecified atom stereocenters. The van der Waals surface area contributed by atoms with Gasteiger partial charge in [0.1, 0.15) is 17.9 Å². The lowest BCUT2D eigenvalue weighted by molar-refractivity contribution is -0.162. The van der Waals surface area contributed by atoms with Gasteiger partial charge < -0.3 is 43.4 Å². The van der Waals surface area contributed by atoms with Gasteiger partial charge in [0.2, 0.25) is 11.7 Å². The molecule has 1 saturated heterocycles. The predicted octanol–water partition coefficient (Wildman–Crippen LogP) is 7.06. The number of piperidine rings is 1. The molecule has 3 aromatic carbocycles. The molecule has 0 saturated carbocycles. The van der Waals surface area contributed by atoms with Crippen LogP contribution in [0.3, 0.4) is 0 Å². The average molecular weight is 763 g/mol. The van der Waals surface area contributed by atoms with Crippen LogP contribution in [0.2, 0.25) is 0 Å². The molecular weight excluding hydrogens is 704 g/mol. The van der Waals surface area contributed by atoms with Crippen molar-refractivity contribution in [3.63, 3.8) is 0 Å². The van der Waals surface area contributed by atoms with Crippen molar-refractivity contribution in [3.8, 4) is 34.5 Å². The van der Waals surface area contributed by atoms with Gasteiger partial charge in [-0.3, -0.25) is 9.59 Å². The van der Waals surface area contributed by atoms with E-state index in [4.69, 9.17) is 33.2 Å². The van der Waals surface area contributed by atoms with Crippen molar-refractivity contribution in [1.29, 1.82) is 0 Å². The van der Waals surface area contributed by atoms with Gasteiger partial charge in [0.15, 0.2) is 29.6 Å². The summed E-state index contributed by atoms with van der Waals surface area (Å²) in [5.41, 5.74) is 2.39. The lowest BCUT2D eigenvalue weighted by atomic mass is 9.91. The molecule has 1 heterocycles. The maximum atomic E-state index is 14.4. The smallest absolute Gasteiger partial charge is 0.329 e. The fourth-order valence-electron chi connectivity index (χ4n) is 6.85. The van der Waals surface area contributed by atoms with Crippen molar-refractivity contribution >= 4 is 17.8 Å². The summed E-state index contributed by atoms with van der Waals surface area (Å²) in [5.74, 6) is 2.12. The van der Waals surface area contributed by atoms with E-state index < -0.39 is 24.0 Å². The van der Waals surface area contributed by atoms with Gasteiger partial charge in [0, 0.05) is 13.1 Å². The third kappa shape index (κ3) is 11.4. The van der Waals surface area contributed by atoms with Crippen LogP contribution in [0.5, 0.6) is 34.5 Å². The second kappa shape index (κ2) is 21.1. The highest BCUT2D eigenvalue weighted by Crippen LogP contribution is 2.41. The van der Waals surface area contributed by atoms with Gasteiger partial charge in [-0.2, -0.15) is 0 Å². The zero-order chi connectivity index (χ0) is 39.9. The van der Waals surface area contributed by atoms with Crippen molar-refractivity contribution in [2.24, 2.45) is 5.92 Å². The Morgan fingerprint density at radius 1 is 0.800 bits per heavy atom. The van der Waals surface area contributed by atoms with E-state index in [1.165, 1.54) is 21.3 Å². The zero-order valence-electron chi connectivity index (χ0n) is 33.6. The molecule has 2 amide bonds. The number of methoxy groups -OCH3 is 5. The summed E-state index contributed by atoms with van der Waals surface area (Å²) >= 11 is 0. The van der Waals surface area contributed by atoms with Crippen molar-refractivity contribution in [1.82, 2.24) is 10.2 Å². The molecule has 1 fully saturated rings. The Labute approximate surface area is 325 Å². The molecule has 55 heavy (non-hydrogen) atoms. The predicted molar refractivity (Wildman–Crippen MR) is 210 cm³/mol. The number of esters is 1. The molecule has 300 valence electrons. The summed E-state index contributed by atoms with van der Waals surface area (Å²) in [5, 5.41) is 2.89. The molecule has 0 aromatic heterocycles. The van der Waals surface area contributed by atoms with E-state index in [0.717, 1.165) is 24.8 Å². The number of amides is 2. The van der Waals surface area contributed by atoms with Gasteiger partial charge in [-0.15, -0.1) is 0 Å². The minimum atomic E-state index is -0.769. The van der Waals surface area contributed by atoms with Crippen LogP contribution in [-0.4, -0.2) is 84.0 Å². The molecular formula is C43H58N2O10. The molecule has 1 aliphatic rings. The summed E-state index contributed by atoms with van der Waals surface area (Å²) in [6, 6.07) is 15.8. The van der Waals surface area contributed by atoms with Crippen molar-refractivity contribution in [3.05, 3.63) is 71.3 Å². The second-order valence-electron chi connectivity index (χ2n) is 14.0. The molecule has 0 bridgehead atoms. The van der Waals surface area contributed by atoms with E-state index >= 15 is 0 Å². The summed E-state index contributed by atoms with van der Waals surface area (Å²) in [6.07, 6.45) is 3.71. The highest BCUT2D eigenvalue weighted by Gasteiger charge is 2.38. The number of carbonyl (C=O) groups is 3. The van der Waals surface area contributed by atoms with Gasteiger partial charge in [-0.05, 0) is 104 Å². The van der Waals surface area contributed by atoms with Crippen LogP contribution >= 0.6 is 0 Å². The van der Waals surface area contributed by atoms with Gasteiger partial charge in [-0.1, -0.05) is 39.0 Å². The fraction of sp³-hybridized carbons (Fsp3) is 0.512. The highest BCUT2D eigenvalue weighted by atomic mass is 16.5. The molecule has 4 rings (SSSR count). The molecule has 0 radical (unpaired) electrons. The molecule has 3 atom stereocenters. The minimum absolute atomic E-state index is 0.138. The topological polar surface area (TPSA) is 131 Å². The molecule has 0 spiro atoms. The lowest BCUT2D eigenvalue weighted by Gasteiger charge is -2.37. The largest absolute Gasteiger partial charge is 0.493 e. The average Bonchev–Trinajstić information content (AvgIpc) is 3.20. The number of ether oxygens (including phenoxy) is 7. The van der Waals surface area contributed by atoms with Gasteiger partial charge in [0.05, 0.1) is 41.5 Å². The fourth-order valence-corrected chi connectivity index (χ4v) is 6.85. The van der Waals surface area contributed by atoms with E-state index in [-0.39, 0.29) is 18.4 Å². The van der Waals surface area contributed by atoms with Crippen LogP contribution < -0.4 is 33.7 Å². The molecule has 12 heteroatoms. The quantitative estimate of drug-likeness (QED) is 0.119. The molecule has 3 aromatic rings. The van der Waals surface area contributed by atoms with Crippen LogP contribution in [0, 0.1) is 5.92 Å². The Morgan fingerprint density at radius 3 is 2.15 bits per heavy atom. The molecule has 1 aliphatic heterocycles. The highest BCUT2D eigenvalue weighted by molar-refractivity contribution is 5.89. The van der Waals surface area contributed by atoms with E-state index in [0.29, 0.717) is 90.3 Å². The summed E-state index contributed by atoms with van der Waals surface area (Å²) in [4.78, 5) is 42.8.